The summed E-state index contributed by atoms with van der Waals surface area (Å²) in [6.45, 7) is 2.25. The summed E-state index contributed by atoms with van der Waals surface area (Å²) >= 11 is 0. The number of nitrogens with zero attached hydrogens (tertiary/aromatic N) is 1. The third-order valence-corrected chi connectivity index (χ3v) is 1.93. The van der Waals surface area contributed by atoms with Gasteiger partial charge in [0.1, 0.15) is 11.9 Å². The Kier molecular flexibility index (Phi) is 4.07. The van der Waals surface area contributed by atoms with E-state index in [0.29, 0.717) is 12.4 Å². The van der Waals surface area contributed by atoms with E-state index in [1.54, 1.807) is 7.11 Å². The van der Waals surface area contributed by atoms with E-state index < -0.39 is 4.92 Å². The number of nitrogens with two attached hydrogens (primary N) is 1. The van der Waals surface area contributed by atoms with Crippen LogP contribution in [-0.2, 0) is 4.74 Å². The molecule has 1 aromatic carbocycles. The van der Waals surface area contributed by atoms with Gasteiger partial charge in [-0.2, -0.15) is 0 Å². The van der Waals surface area contributed by atoms with E-state index in [4.69, 9.17) is 15.2 Å². The van der Waals surface area contributed by atoms with E-state index in [1.807, 2.05) is 6.92 Å². The van der Waals surface area contributed by atoms with Crippen LogP contribution >= 0.6 is 0 Å². The molecule has 0 amide bonds. The van der Waals surface area contributed by atoms with Crippen molar-refractivity contribution in [1.82, 2.24) is 0 Å². The second-order valence-electron chi connectivity index (χ2n) is 3.36. The molecule has 0 aliphatic carbocycles. The Morgan fingerprint density at radius 1 is 1.56 bits per heavy atom. The van der Waals surface area contributed by atoms with Crippen LogP contribution in [-0.4, -0.2) is 24.7 Å². The van der Waals surface area contributed by atoms with Crippen molar-refractivity contribution >= 4 is 11.4 Å². The van der Waals surface area contributed by atoms with Gasteiger partial charge in [-0.3, -0.25) is 10.1 Å². The van der Waals surface area contributed by atoms with E-state index in [0.717, 1.165) is 0 Å². The zero-order chi connectivity index (χ0) is 12.1. The van der Waals surface area contributed by atoms with Crippen LogP contribution in [0.5, 0.6) is 5.75 Å². The van der Waals surface area contributed by atoms with E-state index >= 15 is 0 Å². The number of methoxy groups -OCH3 is 1. The Hall–Kier alpha value is -1.82. The maximum Gasteiger partial charge on any atom is 0.271 e. The van der Waals surface area contributed by atoms with Crippen LogP contribution in [0.1, 0.15) is 6.92 Å². The summed E-state index contributed by atoms with van der Waals surface area (Å²) < 4.78 is 10.4. The molecule has 0 saturated heterocycles. The average Bonchev–Trinajstić information content (AvgIpc) is 2.21. The third kappa shape index (κ3) is 3.09. The minimum Gasteiger partial charge on any atom is -0.486 e. The first-order chi connectivity index (χ1) is 7.54. The predicted molar refractivity (Wildman–Crippen MR) is 59.5 cm³/mol. The highest BCUT2D eigenvalue weighted by atomic mass is 16.6. The second-order valence-corrected chi connectivity index (χ2v) is 3.36. The van der Waals surface area contributed by atoms with Gasteiger partial charge in [0, 0.05) is 19.2 Å². The average molecular weight is 226 g/mol. The smallest absolute Gasteiger partial charge is 0.271 e. The third-order valence-electron chi connectivity index (χ3n) is 1.93. The van der Waals surface area contributed by atoms with Crippen LogP contribution in [0.25, 0.3) is 0 Å². The molecule has 0 radical (unpaired) electrons. The van der Waals surface area contributed by atoms with Gasteiger partial charge < -0.3 is 15.2 Å². The maximum atomic E-state index is 10.5. The first-order valence-corrected chi connectivity index (χ1v) is 4.74. The van der Waals surface area contributed by atoms with Crippen LogP contribution in [0.4, 0.5) is 11.4 Å². The monoisotopic (exact) mass is 226 g/mol. The highest BCUT2D eigenvalue weighted by Gasteiger charge is 2.11. The first-order valence-electron chi connectivity index (χ1n) is 4.74. The standard InChI is InChI=1S/C10H14N2O4/c1-7(6-15-2)16-10-4-3-8(12(13)14)5-9(10)11/h3-5,7H,6,11H2,1-2H3. The predicted octanol–water partition coefficient (Wildman–Crippen LogP) is 1.59. The molecule has 2 N–H and O–H groups in total. The van der Waals surface area contributed by atoms with Crippen LogP contribution in [0.3, 0.4) is 0 Å². The Labute approximate surface area is 93.1 Å². The molecule has 0 spiro atoms. The first kappa shape index (κ1) is 12.3. The summed E-state index contributed by atoms with van der Waals surface area (Å²) in [5, 5.41) is 10.5. The Morgan fingerprint density at radius 2 is 2.25 bits per heavy atom. The largest absolute Gasteiger partial charge is 0.486 e. The van der Waals surface area contributed by atoms with Crippen LogP contribution in [0.2, 0.25) is 0 Å². The van der Waals surface area contributed by atoms with E-state index in [9.17, 15) is 10.1 Å². The van der Waals surface area contributed by atoms with E-state index in [-0.39, 0.29) is 17.5 Å². The molecule has 6 heteroatoms. The molecule has 0 aromatic heterocycles. The van der Waals surface area contributed by atoms with Crippen molar-refractivity contribution in [2.24, 2.45) is 0 Å². The van der Waals surface area contributed by atoms with Gasteiger partial charge in [-0.15, -0.1) is 0 Å². The lowest BCUT2D eigenvalue weighted by molar-refractivity contribution is -0.384. The summed E-state index contributed by atoms with van der Waals surface area (Å²) in [6, 6.07) is 4.11. The number of rotatable bonds is 5. The number of ether oxygens (including phenoxy) is 2. The van der Waals surface area contributed by atoms with Crippen molar-refractivity contribution in [3.05, 3.63) is 28.3 Å². The van der Waals surface area contributed by atoms with Crippen LogP contribution < -0.4 is 10.5 Å². The molecular weight excluding hydrogens is 212 g/mol. The Bertz CT molecular complexity index is 381. The van der Waals surface area contributed by atoms with Crippen molar-refractivity contribution < 1.29 is 14.4 Å². The van der Waals surface area contributed by atoms with Gasteiger partial charge in [-0.25, -0.2) is 0 Å². The molecule has 6 nitrogen and oxygen atoms in total. The lowest BCUT2D eigenvalue weighted by atomic mass is 10.2. The fourth-order valence-corrected chi connectivity index (χ4v) is 1.24. The molecule has 0 saturated carbocycles. The molecule has 16 heavy (non-hydrogen) atoms. The fourth-order valence-electron chi connectivity index (χ4n) is 1.24. The molecule has 1 rings (SSSR count). The number of hydrogen-bond acceptors (Lipinski definition) is 5. The molecule has 88 valence electrons. The SMILES string of the molecule is COCC(C)Oc1ccc([N+](=O)[O-])cc1N. The van der Waals surface area contributed by atoms with Crippen molar-refractivity contribution in [3.8, 4) is 5.75 Å². The Morgan fingerprint density at radius 3 is 2.75 bits per heavy atom. The lowest BCUT2D eigenvalue weighted by Gasteiger charge is -2.14. The van der Waals surface area contributed by atoms with E-state index in [2.05, 4.69) is 0 Å². The number of anilines is 1. The summed E-state index contributed by atoms with van der Waals surface area (Å²) in [7, 11) is 1.57. The molecule has 1 atom stereocenters. The van der Waals surface area contributed by atoms with Crippen LogP contribution in [0, 0.1) is 10.1 Å². The summed E-state index contributed by atoms with van der Waals surface area (Å²) in [6.07, 6.45) is -0.159. The fraction of sp³-hybridized carbons (Fsp3) is 0.400. The molecule has 0 heterocycles. The van der Waals surface area contributed by atoms with Gasteiger partial charge in [0.2, 0.25) is 0 Å². The normalized spacial score (nSPS) is 12.1. The Balaban J connectivity index is 2.79. The van der Waals surface area contributed by atoms with E-state index in [1.165, 1.54) is 18.2 Å². The summed E-state index contributed by atoms with van der Waals surface area (Å²) in [5.41, 5.74) is 5.83. The van der Waals surface area contributed by atoms with Gasteiger partial charge in [0.05, 0.1) is 17.2 Å². The van der Waals surface area contributed by atoms with Gasteiger partial charge in [-0.05, 0) is 13.0 Å². The van der Waals surface area contributed by atoms with Gasteiger partial charge in [0.15, 0.2) is 0 Å². The minimum absolute atomic E-state index is 0.0516. The molecule has 1 aromatic rings. The minimum atomic E-state index is -0.501. The molecule has 1 unspecified atom stereocenters. The quantitative estimate of drug-likeness (QED) is 0.468. The number of nitro benzene ring substituents is 1. The van der Waals surface area contributed by atoms with Crippen molar-refractivity contribution in [1.29, 1.82) is 0 Å². The number of hydrogen-bond donors (Lipinski definition) is 1. The molecular formula is C10H14N2O4. The molecule has 0 bridgehead atoms. The second kappa shape index (κ2) is 5.32. The maximum absolute atomic E-state index is 10.5. The van der Waals surface area contributed by atoms with Crippen molar-refractivity contribution in [2.75, 3.05) is 19.5 Å². The molecule has 0 aliphatic heterocycles. The number of nitro groups is 1. The van der Waals surface area contributed by atoms with Gasteiger partial charge in [-0.1, -0.05) is 0 Å². The highest BCUT2D eigenvalue weighted by molar-refractivity contribution is 5.58. The highest BCUT2D eigenvalue weighted by Crippen LogP contribution is 2.26. The lowest BCUT2D eigenvalue weighted by Crippen LogP contribution is -2.18. The number of benzene rings is 1. The van der Waals surface area contributed by atoms with Crippen molar-refractivity contribution in [2.45, 2.75) is 13.0 Å². The van der Waals surface area contributed by atoms with Gasteiger partial charge >= 0.3 is 0 Å². The summed E-state index contributed by atoms with van der Waals surface area (Å²) in [5.74, 6) is 0.426. The van der Waals surface area contributed by atoms with Crippen molar-refractivity contribution in [3.63, 3.8) is 0 Å². The molecule has 0 aliphatic rings. The number of nitrogen functional groups attached to an aromatic ring is 1. The molecule has 0 fully saturated rings. The van der Waals surface area contributed by atoms with Crippen LogP contribution in [0.15, 0.2) is 18.2 Å². The van der Waals surface area contributed by atoms with Gasteiger partial charge in [0.25, 0.3) is 5.69 Å². The number of non-ortho nitro benzene ring substituents is 1. The topological polar surface area (TPSA) is 87.6 Å². The zero-order valence-corrected chi connectivity index (χ0v) is 9.17. The zero-order valence-electron chi connectivity index (χ0n) is 9.17. The summed E-state index contributed by atoms with van der Waals surface area (Å²) in [4.78, 5) is 9.98.